The molecule has 0 saturated heterocycles. The van der Waals surface area contributed by atoms with Crippen LogP contribution >= 0.6 is 43.5 Å². The Kier molecular flexibility index (Phi) is 4.70. The maximum Gasteiger partial charge on any atom is 0.129 e. The van der Waals surface area contributed by atoms with Gasteiger partial charge in [0.1, 0.15) is 5.82 Å². The maximum absolute atomic E-state index is 14.0. The van der Waals surface area contributed by atoms with E-state index in [9.17, 15) is 4.39 Å². The lowest BCUT2D eigenvalue weighted by molar-refractivity contribution is 0.612. The summed E-state index contributed by atoms with van der Waals surface area (Å²) in [6, 6.07) is 9.23. The van der Waals surface area contributed by atoms with Crippen LogP contribution in [0.15, 0.2) is 34.8 Å². The Morgan fingerprint density at radius 1 is 1.05 bits per heavy atom. The van der Waals surface area contributed by atoms with Crippen molar-refractivity contribution in [2.24, 2.45) is 0 Å². The summed E-state index contributed by atoms with van der Waals surface area (Å²) in [4.78, 5) is -0.211. The van der Waals surface area contributed by atoms with Crippen LogP contribution in [-0.2, 0) is 0 Å². The first-order valence-electron chi connectivity index (χ1n) is 5.75. The highest BCUT2D eigenvalue weighted by Gasteiger charge is 2.17. The Bertz CT molecular complexity index is 606. The van der Waals surface area contributed by atoms with Crippen LogP contribution in [-0.4, -0.2) is 0 Å². The van der Waals surface area contributed by atoms with Crippen LogP contribution in [0.5, 0.6) is 0 Å². The molecule has 2 aromatic carbocycles. The monoisotopic (exact) mass is 404 g/mol. The van der Waals surface area contributed by atoms with Crippen molar-refractivity contribution >= 4 is 43.5 Å². The third-order valence-corrected chi connectivity index (χ3v) is 5.07. The highest BCUT2D eigenvalue weighted by Crippen LogP contribution is 2.37. The molecule has 0 nitrogen and oxygen atoms in total. The average Bonchev–Trinajstić information content (AvgIpc) is 2.31. The molecule has 1 unspecified atom stereocenters. The summed E-state index contributed by atoms with van der Waals surface area (Å²) in [7, 11) is 0. The van der Waals surface area contributed by atoms with Gasteiger partial charge in [0.2, 0.25) is 0 Å². The molecular weight excluding hydrogens is 394 g/mol. The van der Waals surface area contributed by atoms with E-state index in [4.69, 9.17) is 11.6 Å². The topological polar surface area (TPSA) is 0 Å². The van der Waals surface area contributed by atoms with Gasteiger partial charge in [0.25, 0.3) is 0 Å². The zero-order chi connectivity index (χ0) is 14.2. The number of alkyl halides is 1. The van der Waals surface area contributed by atoms with Gasteiger partial charge in [-0.05, 0) is 47.5 Å². The van der Waals surface area contributed by atoms with Crippen molar-refractivity contribution in [1.82, 2.24) is 0 Å². The molecule has 0 bridgehead atoms. The molecule has 0 aliphatic heterocycles. The van der Waals surface area contributed by atoms with Gasteiger partial charge in [-0.2, -0.15) is 0 Å². The molecule has 2 rings (SSSR count). The summed E-state index contributed by atoms with van der Waals surface area (Å²) < 4.78 is 14.6. The zero-order valence-corrected chi connectivity index (χ0v) is 14.4. The molecule has 100 valence electrons. The number of benzene rings is 2. The molecule has 0 fully saturated rings. The van der Waals surface area contributed by atoms with Crippen molar-refractivity contribution in [3.8, 4) is 0 Å². The number of hydrogen-bond acceptors (Lipinski definition) is 0. The molecule has 0 aliphatic carbocycles. The first kappa shape index (κ1) is 15.0. The molecule has 0 heterocycles. The Morgan fingerprint density at radius 3 is 2.21 bits per heavy atom. The predicted octanol–water partition coefficient (Wildman–Crippen LogP) is 6.34. The van der Waals surface area contributed by atoms with E-state index in [0.29, 0.717) is 15.1 Å². The first-order chi connectivity index (χ1) is 8.88. The summed E-state index contributed by atoms with van der Waals surface area (Å²) >= 11 is 12.8. The smallest absolute Gasteiger partial charge is 0.129 e. The van der Waals surface area contributed by atoms with Gasteiger partial charge in [0.15, 0.2) is 0 Å². The molecule has 0 saturated carbocycles. The van der Waals surface area contributed by atoms with Crippen LogP contribution in [0.2, 0.25) is 5.02 Å². The van der Waals surface area contributed by atoms with E-state index in [2.05, 4.69) is 37.9 Å². The number of halogens is 4. The summed E-state index contributed by atoms with van der Waals surface area (Å²) in [5.74, 6) is -0.280. The second-order valence-electron chi connectivity index (χ2n) is 4.57. The van der Waals surface area contributed by atoms with E-state index in [0.717, 1.165) is 16.7 Å². The second-order valence-corrected chi connectivity index (χ2v) is 6.75. The molecule has 0 amide bonds. The van der Waals surface area contributed by atoms with Crippen molar-refractivity contribution in [3.63, 3.8) is 0 Å². The highest BCUT2D eigenvalue weighted by atomic mass is 79.9. The van der Waals surface area contributed by atoms with Crippen LogP contribution in [0.3, 0.4) is 0 Å². The lowest BCUT2D eigenvalue weighted by atomic mass is 10.0. The molecule has 0 aromatic heterocycles. The minimum absolute atomic E-state index is 0.211. The van der Waals surface area contributed by atoms with E-state index in [1.54, 1.807) is 6.07 Å². The largest absolute Gasteiger partial charge is 0.207 e. The maximum atomic E-state index is 14.0. The SMILES string of the molecule is Cc1cc(C)cc(C(Br)c2cc(Cl)c(Br)cc2F)c1. The molecule has 0 spiro atoms. The zero-order valence-electron chi connectivity index (χ0n) is 10.5. The molecule has 4 heteroatoms. The molecule has 0 aliphatic rings. The molecule has 19 heavy (non-hydrogen) atoms. The quantitative estimate of drug-likeness (QED) is 0.403. The summed E-state index contributed by atoms with van der Waals surface area (Å²) in [6.07, 6.45) is 0. The van der Waals surface area contributed by atoms with E-state index in [1.165, 1.54) is 6.07 Å². The normalized spacial score (nSPS) is 12.5. The van der Waals surface area contributed by atoms with E-state index in [1.807, 2.05) is 26.0 Å². The van der Waals surface area contributed by atoms with Crippen LogP contribution in [0.4, 0.5) is 4.39 Å². The van der Waals surface area contributed by atoms with Gasteiger partial charge in [-0.25, -0.2) is 4.39 Å². The van der Waals surface area contributed by atoms with Crippen molar-refractivity contribution in [3.05, 3.63) is 67.9 Å². The summed E-state index contributed by atoms with van der Waals surface area (Å²) in [5.41, 5.74) is 3.87. The highest BCUT2D eigenvalue weighted by molar-refractivity contribution is 9.10. The van der Waals surface area contributed by atoms with Crippen molar-refractivity contribution in [1.29, 1.82) is 0 Å². The fraction of sp³-hybridized carbons (Fsp3) is 0.200. The standard InChI is InChI=1S/C15H12Br2ClF/c1-8-3-9(2)5-10(4-8)15(17)11-6-13(18)12(16)7-14(11)19/h3-7,15H,1-2H3. The predicted molar refractivity (Wildman–Crippen MR) is 85.8 cm³/mol. The van der Waals surface area contributed by atoms with E-state index >= 15 is 0 Å². The van der Waals surface area contributed by atoms with Gasteiger partial charge in [-0.3, -0.25) is 0 Å². The average molecular weight is 407 g/mol. The van der Waals surface area contributed by atoms with Gasteiger partial charge in [-0.1, -0.05) is 56.9 Å². The van der Waals surface area contributed by atoms with Gasteiger partial charge < -0.3 is 0 Å². The van der Waals surface area contributed by atoms with Crippen molar-refractivity contribution in [2.75, 3.05) is 0 Å². The van der Waals surface area contributed by atoms with Crippen molar-refractivity contribution in [2.45, 2.75) is 18.7 Å². The Balaban J connectivity index is 2.49. The fourth-order valence-electron chi connectivity index (χ4n) is 2.07. The minimum atomic E-state index is -0.280. The number of rotatable bonds is 2. The van der Waals surface area contributed by atoms with Crippen LogP contribution in [0, 0.1) is 19.7 Å². The van der Waals surface area contributed by atoms with Crippen LogP contribution < -0.4 is 0 Å². The second kappa shape index (κ2) is 5.94. The molecule has 1 atom stereocenters. The molecule has 2 aromatic rings. The molecule has 0 N–H and O–H groups in total. The number of hydrogen-bond donors (Lipinski definition) is 0. The van der Waals surface area contributed by atoms with Gasteiger partial charge in [0.05, 0.1) is 9.85 Å². The lowest BCUT2D eigenvalue weighted by Gasteiger charge is -2.14. The van der Waals surface area contributed by atoms with E-state index in [-0.39, 0.29) is 10.6 Å². The van der Waals surface area contributed by atoms with Gasteiger partial charge >= 0.3 is 0 Å². The fourth-order valence-corrected chi connectivity index (χ4v) is 3.17. The first-order valence-corrected chi connectivity index (χ1v) is 7.84. The minimum Gasteiger partial charge on any atom is -0.207 e. The van der Waals surface area contributed by atoms with Gasteiger partial charge in [-0.15, -0.1) is 0 Å². The Labute approximate surface area is 134 Å². The lowest BCUT2D eigenvalue weighted by Crippen LogP contribution is -1.98. The van der Waals surface area contributed by atoms with Gasteiger partial charge in [0, 0.05) is 10.0 Å². The third-order valence-electron chi connectivity index (χ3n) is 2.85. The molecule has 0 radical (unpaired) electrons. The summed E-state index contributed by atoms with van der Waals surface area (Å²) in [6.45, 7) is 4.06. The Hall–Kier alpha value is -0.380. The van der Waals surface area contributed by atoms with Crippen molar-refractivity contribution < 1.29 is 4.39 Å². The Morgan fingerprint density at radius 2 is 1.63 bits per heavy atom. The van der Waals surface area contributed by atoms with Crippen LogP contribution in [0.25, 0.3) is 0 Å². The third kappa shape index (κ3) is 3.39. The molecular formula is C15H12Br2ClF. The summed E-state index contributed by atoms with van der Waals surface area (Å²) in [5, 5.41) is 0.505. The van der Waals surface area contributed by atoms with E-state index < -0.39 is 0 Å². The van der Waals surface area contributed by atoms with Crippen LogP contribution in [0.1, 0.15) is 27.1 Å². The number of aryl methyl sites for hydroxylation is 2.